The Morgan fingerprint density at radius 2 is 2.14 bits per heavy atom. The van der Waals surface area contributed by atoms with E-state index in [1.807, 2.05) is 17.0 Å². The molecular formula is C17H24N2O3. The average Bonchev–Trinajstić information content (AvgIpc) is 2.97. The van der Waals surface area contributed by atoms with Gasteiger partial charge in [0, 0.05) is 25.0 Å². The lowest BCUT2D eigenvalue weighted by Crippen LogP contribution is -2.53. The van der Waals surface area contributed by atoms with Crippen LogP contribution in [-0.2, 0) is 9.53 Å². The van der Waals surface area contributed by atoms with Crippen LogP contribution in [0.15, 0.2) is 24.3 Å². The highest BCUT2D eigenvalue weighted by molar-refractivity contribution is 5.82. The maximum Gasteiger partial charge on any atom is 0.242 e. The third-order valence-electron chi connectivity index (χ3n) is 4.66. The Morgan fingerprint density at radius 3 is 2.77 bits per heavy atom. The topological polar surface area (TPSA) is 50.8 Å². The standard InChI is InChI=1S/C17H24N2O3/c1-12-9-14(13-3-5-15(21-2)6-4-13)10-19(12)17(20)16-11-22-8-7-18-16/h3-6,12,14,16,18H,7-11H2,1-2H3. The fraction of sp³-hybridized carbons (Fsp3) is 0.588. The van der Waals surface area contributed by atoms with Crippen LogP contribution in [-0.4, -0.2) is 56.3 Å². The number of hydrogen-bond donors (Lipinski definition) is 1. The summed E-state index contributed by atoms with van der Waals surface area (Å²) in [7, 11) is 1.67. The number of carbonyl (C=O) groups excluding carboxylic acids is 1. The van der Waals surface area contributed by atoms with E-state index in [0.29, 0.717) is 19.1 Å². The molecule has 5 nitrogen and oxygen atoms in total. The van der Waals surface area contributed by atoms with E-state index < -0.39 is 0 Å². The van der Waals surface area contributed by atoms with Crippen LogP contribution in [0.4, 0.5) is 0 Å². The molecular weight excluding hydrogens is 280 g/mol. The smallest absolute Gasteiger partial charge is 0.242 e. The first-order valence-corrected chi connectivity index (χ1v) is 7.94. The van der Waals surface area contributed by atoms with E-state index in [2.05, 4.69) is 24.4 Å². The number of carbonyl (C=O) groups is 1. The fourth-order valence-electron chi connectivity index (χ4n) is 3.38. The summed E-state index contributed by atoms with van der Waals surface area (Å²) in [6.45, 7) is 4.83. The van der Waals surface area contributed by atoms with Crippen LogP contribution in [0.2, 0.25) is 0 Å². The van der Waals surface area contributed by atoms with Crippen molar-refractivity contribution < 1.29 is 14.3 Å². The van der Waals surface area contributed by atoms with Crippen LogP contribution < -0.4 is 10.1 Å². The molecule has 0 saturated carbocycles. The summed E-state index contributed by atoms with van der Waals surface area (Å²) < 4.78 is 10.6. The molecule has 3 atom stereocenters. The number of benzene rings is 1. The Hall–Kier alpha value is -1.59. The second-order valence-electron chi connectivity index (χ2n) is 6.13. The number of ether oxygens (including phenoxy) is 2. The molecule has 3 unspecified atom stereocenters. The van der Waals surface area contributed by atoms with Crippen molar-refractivity contribution in [2.45, 2.75) is 31.3 Å². The van der Waals surface area contributed by atoms with Gasteiger partial charge in [0.25, 0.3) is 0 Å². The minimum atomic E-state index is -0.189. The Bertz CT molecular complexity index is 511. The minimum absolute atomic E-state index is 0.170. The van der Waals surface area contributed by atoms with Crippen LogP contribution in [0.5, 0.6) is 5.75 Å². The molecule has 1 aromatic carbocycles. The highest BCUT2D eigenvalue weighted by Crippen LogP contribution is 2.32. The summed E-state index contributed by atoms with van der Waals surface area (Å²) in [6.07, 6.45) is 1.01. The van der Waals surface area contributed by atoms with Gasteiger partial charge in [-0.2, -0.15) is 0 Å². The first-order chi connectivity index (χ1) is 10.7. The molecule has 0 bridgehead atoms. The van der Waals surface area contributed by atoms with E-state index in [1.54, 1.807) is 7.11 Å². The Labute approximate surface area is 131 Å². The quantitative estimate of drug-likeness (QED) is 0.917. The number of methoxy groups -OCH3 is 1. The highest BCUT2D eigenvalue weighted by atomic mass is 16.5. The lowest BCUT2D eigenvalue weighted by molar-refractivity contribution is -0.136. The van der Waals surface area contributed by atoms with Gasteiger partial charge in [-0.1, -0.05) is 12.1 Å². The van der Waals surface area contributed by atoms with Crippen LogP contribution in [0.25, 0.3) is 0 Å². The minimum Gasteiger partial charge on any atom is -0.497 e. The van der Waals surface area contributed by atoms with Gasteiger partial charge in [0.1, 0.15) is 11.8 Å². The molecule has 0 aliphatic carbocycles. The average molecular weight is 304 g/mol. The molecule has 1 N–H and O–H groups in total. The van der Waals surface area contributed by atoms with E-state index in [-0.39, 0.29) is 18.0 Å². The molecule has 0 radical (unpaired) electrons. The van der Waals surface area contributed by atoms with E-state index >= 15 is 0 Å². The van der Waals surface area contributed by atoms with Gasteiger partial charge in [0.2, 0.25) is 5.91 Å². The van der Waals surface area contributed by atoms with E-state index in [4.69, 9.17) is 9.47 Å². The zero-order chi connectivity index (χ0) is 15.5. The normalized spacial score (nSPS) is 28.6. The van der Waals surface area contributed by atoms with Crippen molar-refractivity contribution in [1.82, 2.24) is 10.2 Å². The first kappa shape index (κ1) is 15.3. The Kier molecular flexibility index (Phi) is 4.64. The van der Waals surface area contributed by atoms with E-state index in [9.17, 15) is 4.79 Å². The molecule has 0 aromatic heterocycles. The fourth-order valence-corrected chi connectivity index (χ4v) is 3.38. The van der Waals surface area contributed by atoms with Crippen LogP contribution in [0.3, 0.4) is 0 Å². The van der Waals surface area contributed by atoms with Gasteiger partial charge in [-0.3, -0.25) is 4.79 Å². The van der Waals surface area contributed by atoms with Gasteiger partial charge < -0.3 is 19.7 Å². The first-order valence-electron chi connectivity index (χ1n) is 7.94. The molecule has 2 heterocycles. The van der Waals surface area contributed by atoms with Crippen molar-refractivity contribution in [3.05, 3.63) is 29.8 Å². The summed E-state index contributed by atoms with van der Waals surface area (Å²) in [6, 6.07) is 8.26. The van der Waals surface area contributed by atoms with Gasteiger partial charge in [-0.15, -0.1) is 0 Å². The molecule has 1 aromatic rings. The molecule has 2 aliphatic heterocycles. The van der Waals surface area contributed by atoms with Crippen molar-refractivity contribution >= 4 is 5.91 Å². The molecule has 2 saturated heterocycles. The lowest BCUT2D eigenvalue weighted by Gasteiger charge is -2.29. The molecule has 0 spiro atoms. The Morgan fingerprint density at radius 1 is 1.36 bits per heavy atom. The van der Waals surface area contributed by atoms with Crippen molar-refractivity contribution in [3.8, 4) is 5.75 Å². The number of morpholine rings is 1. The Balaban J connectivity index is 1.66. The molecule has 22 heavy (non-hydrogen) atoms. The van der Waals surface area contributed by atoms with E-state index in [0.717, 1.165) is 25.3 Å². The van der Waals surface area contributed by atoms with Gasteiger partial charge in [0.05, 0.1) is 20.3 Å². The van der Waals surface area contributed by atoms with Crippen molar-refractivity contribution in [2.75, 3.05) is 33.4 Å². The summed E-state index contributed by atoms with van der Waals surface area (Å²) >= 11 is 0. The molecule has 120 valence electrons. The van der Waals surface area contributed by atoms with Crippen molar-refractivity contribution in [2.24, 2.45) is 0 Å². The number of likely N-dealkylation sites (tertiary alicyclic amines) is 1. The van der Waals surface area contributed by atoms with Gasteiger partial charge in [-0.05, 0) is 31.0 Å². The summed E-state index contributed by atoms with van der Waals surface area (Å²) in [5, 5.41) is 3.25. The van der Waals surface area contributed by atoms with E-state index in [1.165, 1.54) is 5.56 Å². The summed E-state index contributed by atoms with van der Waals surface area (Å²) in [4.78, 5) is 14.7. The zero-order valence-corrected chi connectivity index (χ0v) is 13.2. The van der Waals surface area contributed by atoms with Crippen molar-refractivity contribution in [3.63, 3.8) is 0 Å². The number of rotatable bonds is 3. The van der Waals surface area contributed by atoms with Crippen LogP contribution in [0.1, 0.15) is 24.8 Å². The maximum absolute atomic E-state index is 12.7. The van der Waals surface area contributed by atoms with Gasteiger partial charge in [-0.25, -0.2) is 0 Å². The molecule has 3 rings (SSSR count). The molecule has 2 fully saturated rings. The highest BCUT2D eigenvalue weighted by Gasteiger charge is 2.36. The van der Waals surface area contributed by atoms with Crippen LogP contribution in [0, 0.1) is 0 Å². The summed E-state index contributed by atoms with van der Waals surface area (Å²) in [5.41, 5.74) is 1.27. The molecule has 1 amide bonds. The number of nitrogens with one attached hydrogen (secondary N) is 1. The third kappa shape index (κ3) is 3.10. The second kappa shape index (κ2) is 6.67. The van der Waals surface area contributed by atoms with Gasteiger partial charge in [0.15, 0.2) is 0 Å². The lowest BCUT2D eigenvalue weighted by atomic mass is 9.97. The maximum atomic E-state index is 12.7. The predicted octanol–water partition coefficient (Wildman–Crippen LogP) is 1.39. The summed E-state index contributed by atoms with van der Waals surface area (Å²) in [5.74, 6) is 1.43. The SMILES string of the molecule is COc1ccc(C2CC(C)N(C(=O)C3COCCN3)C2)cc1. The number of nitrogens with zero attached hydrogens (tertiary/aromatic N) is 1. The third-order valence-corrected chi connectivity index (χ3v) is 4.66. The van der Waals surface area contributed by atoms with Crippen molar-refractivity contribution in [1.29, 1.82) is 0 Å². The van der Waals surface area contributed by atoms with Crippen LogP contribution >= 0.6 is 0 Å². The second-order valence-corrected chi connectivity index (χ2v) is 6.13. The largest absolute Gasteiger partial charge is 0.497 e. The van der Waals surface area contributed by atoms with Gasteiger partial charge >= 0.3 is 0 Å². The molecule has 5 heteroatoms. The molecule has 2 aliphatic rings. The monoisotopic (exact) mass is 304 g/mol. The zero-order valence-electron chi connectivity index (χ0n) is 13.2. The number of hydrogen-bond acceptors (Lipinski definition) is 4. The number of amides is 1. The predicted molar refractivity (Wildman–Crippen MR) is 84.1 cm³/mol.